The number of rotatable bonds is 3. The molecule has 2 heterocycles. The summed E-state index contributed by atoms with van der Waals surface area (Å²) >= 11 is 1.88. The van der Waals surface area contributed by atoms with Crippen molar-refractivity contribution in [2.45, 2.75) is 27.7 Å². The summed E-state index contributed by atoms with van der Waals surface area (Å²) in [4.78, 5) is 8.77. The Bertz CT molecular complexity index is 1020. The van der Waals surface area contributed by atoms with E-state index in [0.29, 0.717) is 0 Å². The summed E-state index contributed by atoms with van der Waals surface area (Å²) in [5.74, 6) is 0. The van der Waals surface area contributed by atoms with Crippen LogP contribution in [-0.2, 0) is 0 Å². The third-order valence-corrected chi connectivity index (χ3v) is 6.62. The second-order valence-corrected chi connectivity index (χ2v) is 8.43. The molecule has 6 heteroatoms. The van der Waals surface area contributed by atoms with E-state index in [0.717, 1.165) is 50.5 Å². The normalized spacial score (nSPS) is 14.4. The number of aryl methyl sites for hydroxylation is 2. The Morgan fingerprint density at radius 3 is 2.43 bits per heavy atom. The van der Waals surface area contributed by atoms with E-state index in [1.54, 1.807) is 0 Å². The summed E-state index contributed by atoms with van der Waals surface area (Å²) in [7, 11) is 0. The minimum absolute atomic E-state index is 0. The number of nitrogens with one attached hydrogen (secondary N) is 1. The third-order valence-electron chi connectivity index (χ3n) is 5.55. The average molecular weight is 461 g/mol. The van der Waals surface area contributed by atoms with Gasteiger partial charge in [-0.1, -0.05) is 0 Å². The van der Waals surface area contributed by atoms with Crippen LogP contribution in [0.15, 0.2) is 24.3 Å². The Balaban J connectivity index is 0.00000225. The van der Waals surface area contributed by atoms with Gasteiger partial charge < -0.3 is 27.2 Å². The van der Waals surface area contributed by atoms with Crippen molar-refractivity contribution in [3.05, 3.63) is 40.7 Å². The van der Waals surface area contributed by atoms with Crippen molar-refractivity contribution in [2.75, 3.05) is 44.2 Å². The van der Waals surface area contributed by atoms with Gasteiger partial charge in [-0.3, -0.25) is 0 Å². The molecular weight excluding hydrogens is 432 g/mol. The van der Waals surface area contributed by atoms with Crippen molar-refractivity contribution in [1.29, 1.82) is 0 Å². The van der Waals surface area contributed by atoms with Gasteiger partial charge in [0, 0.05) is 30.9 Å². The molecule has 2 aliphatic heterocycles. The highest BCUT2D eigenvalue weighted by Gasteiger charge is 2.17. The van der Waals surface area contributed by atoms with E-state index in [1.807, 2.05) is 11.3 Å². The van der Waals surface area contributed by atoms with E-state index >= 15 is 0 Å². The van der Waals surface area contributed by atoms with Crippen LogP contribution in [0.2, 0.25) is 0 Å². The van der Waals surface area contributed by atoms with E-state index in [-0.39, 0.29) is 17.0 Å². The number of hydrogen-bond donors (Lipinski definition) is 1. The highest BCUT2D eigenvalue weighted by Crippen LogP contribution is 2.35. The number of hydrogen-bond acceptors (Lipinski definition) is 4. The van der Waals surface area contributed by atoms with Gasteiger partial charge in [-0.25, -0.2) is 9.56 Å². The molecule has 4 rings (SSSR count). The van der Waals surface area contributed by atoms with Crippen molar-refractivity contribution < 1.29 is 17.0 Å². The number of anilines is 1. The Morgan fingerprint density at radius 2 is 1.75 bits per heavy atom. The maximum absolute atomic E-state index is 5.08. The molecule has 28 heavy (non-hydrogen) atoms. The van der Waals surface area contributed by atoms with E-state index in [1.165, 1.54) is 31.7 Å². The number of nitrogens with zero attached hydrogens (tertiary/aromatic N) is 3. The summed E-state index contributed by atoms with van der Waals surface area (Å²) in [6.07, 6.45) is 0. The molecule has 0 amide bonds. The molecule has 1 N–H and O–H groups in total. The lowest BCUT2D eigenvalue weighted by Crippen LogP contribution is -3.00. The van der Waals surface area contributed by atoms with Crippen LogP contribution in [0.5, 0.6) is 0 Å². The number of piperazine rings is 1. The molecule has 1 aromatic rings. The smallest absolute Gasteiger partial charge is 0.201 e. The van der Waals surface area contributed by atoms with Crippen LogP contribution < -0.4 is 37.1 Å². The van der Waals surface area contributed by atoms with Gasteiger partial charge in [0.1, 0.15) is 0 Å². The first-order chi connectivity index (χ1) is 13.1. The molecule has 0 atom stereocenters. The van der Waals surface area contributed by atoms with Crippen molar-refractivity contribution in [1.82, 2.24) is 14.9 Å². The summed E-state index contributed by atoms with van der Waals surface area (Å²) in [5, 5.41) is 4.77. The van der Waals surface area contributed by atoms with Gasteiger partial charge >= 0.3 is 0 Å². The minimum Gasteiger partial charge on any atom is -1.00 e. The SMILES string of the molecule is CCN(CC)c1cc(C)c2nc3c(C)cc(=[N+]4CCNCC4)cc-3sc2c1.[Br-]. The number of fused-ring (bicyclic) bond motifs is 2. The summed E-state index contributed by atoms with van der Waals surface area (Å²) in [6, 6.07) is 9.24. The Hall–Kier alpha value is -1.50. The van der Waals surface area contributed by atoms with E-state index < -0.39 is 0 Å². The van der Waals surface area contributed by atoms with Gasteiger partial charge in [0.15, 0.2) is 13.1 Å². The van der Waals surface area contributed by atoms with Gasteiger partial charge in [0.25, 0.3) is 0 Å². The lowest BCUT2D eigenvalue weighted by molar-refractivity contribution is -0.00000562. The fourth-order valence-electron chi connectivity index (χ4n) is 4.01. The Labute approximate surface area is 182 Å². The molecule has 0 aromatic heterocycles. The number of benzene rings is 2. The van der Waals surface area contributed by atoms with E-state index in [2.05, 4.69) is 66.8 Å². The maximum atomic E-state index is 5.08. The van der Waals surface area contributed by atoms with Crippen molar-refractivity contribution in [3.63, 3.8) is 0 Å². The van der Waals surface area contributed by atoms with Crippen LogP contribution in [-0.4, -0.2) is 44.3 Å². The Kier molecular flexibility index (Phi) is 6.73. The largest absolute Gasteiger partial charge is 1.00 e. The van der Waals surface area contributed by atoms with Gasteiger partial charge in [0.05, 0.1) is 33.9 Å². The second-order valence-electron chi connectivity index (χ2n) is 7.34. The van der Waals surface area contributed by atoms with Crippen LogP contribution in [0.25, 0.3) is 20.8 Å². The van der Waals surface area contributed by atoms with Crippen molar-refractivity contribution in [2.24, 2.45) is 0 Å². The standard InChI is InChI=1S/C22H29N4S.BrH/c1-5-25(6-2)17-11-15(3)21-19(13-17)27-20-14-18(12-16(4)22(20)24-21)26-9-7-23-8-10-26;/h11-14,23H,5-10H2,1-4H3;1H/q+1;/p-1. The Morgan fingerprint density at radius 1 is 1.04 bits per heavy atom. The zero-order valence-electron chi connectivity index (χ0n) is 17.2. The monoisotopic (exact) mass is 460 g/mol. The number of aromatic nitrogens is 1. The zero-order valence-corrected chi connectivity index (χ0v) is 19.6. The molecule has 0 spiro atoms. The highest BCUT2D eigenvalue weighted by molar-refractivity contribution is 7.21. The van der Waals surface area contributed by atoms with Crippen LogP contribution in [0.4, 0.5) is 5.69 Å². The first-order valence-electron chi connectivity index (χ1n) is 10.00. The second kappa shape index (κ2) is 8.89. The third kappa shape index (κ3) is 3.95. The first-order valence-corrected chi connectivity index (χ1v) is 10.8. The summed E-state index contributed by atoms with van der Waals surface area (Å²) < 4.78 is 3.76. The molecule has 1 aliphatic carbocycles. The fraction of sp³-hybridized carbons (Fsp3) is 0.455. The molecule has 1 saturated heterocycles. The summed E-state index contributed by atoms with van der Waals surface area (Å²) in [5.41, 5.74) is 6.12. The average Bonchev–Trinajstić information content (AvgIpc) is 2.68. The molecular formula is C22H29BrN4S. The van der Waals surface area contributed by atoms with Gasteiger partial charge in [-0.05, 0) is 51.0 Å². The molecule has 3 aliphatic rings. The molecule has 0 bridgehead atoms. The van der Waals surface area contributed by atoms with Gasteiger partial charge in [-0.15, -0.1) is 11.3 Å². The predicted molar refractivity (Wildman–Crippen MR) is 117 cm³/mol. The zero-order chi connectivity index (χ0) is 19.0. The lowest BCUT2D eigenvalue weighted by Gasteiger charge is -2.22. The van der Waals surface area contributed by atoms with E-state index in [4.69, 9.17) is 4.98 Å². The van der Waals surface area contributed by atoms with Crippen LogP contribution in [0, 0.1) is 13.8 Å². The van der Waals surface area contributed by atoms with Gasteiger partial charge in [-0.2, -0.15) is 0 Å². The molecule has 1 aromatic carbocycles. The lowest BCUT2D eigenvalue weighted by atomic mass is 10.1. The highest BCUT2D eigenvalue weighted by atomic mass is 79.9. The topological polar surface area (TPSA) is 31.2 Å². The molecule has 0 unspecified atom stereocenters. The fourth-order valence-corrected chi connectivity index (χ4v) is 5.21. The molecule has 0 radical (unpaired) electrons. The molecule has 0 saturated carbocycles. The molecule has 150 valence electrons. The van der Waals surface area contributed by atoms with Crippen molar-refractivity contribution >= 4 is 27.2 Å². The molecule has 1 fully saturated rings. The first kappa shape index (κ1) is 21.2. The van der Waals surface area contributed by atoms with Crippen LogP contribution in [0.1, 0.15) is 25.0 Å². The predicted octanol–water partition coefficient (Wildman–Crippen LogP) is 0.244. The quantitative estimate of drug-likeness (QED) is 0.448. The van der Waals surface area contributed by atoms with Crippen molar-refractivity contribution in [3.8, 4) is 10.6 Å². The van der Waals surface area contributed by atoms with E-state index in [9.17, 15) is 0 Å². The van der Waals surface area contributed by atoms with Crippen LogP contribution in [0.3, 0.4) is 0 Å². The molecule has 4 nitrogen and oxygen atoms in total. The minimum atomic E-state index is 0. The summed E-state index contributed by atoms with van der Waals surface area (Å²) in [6.45, 7) is 15.1. The number of halogens is 1. The van der Waals surface area contributed by atoms with Crippen LogP contribution >= 0.6 is 11.3 Å². The maximum Gasteiger partial charge on any atom is 0.201 e. The van der Waals surface area contributed by atoms with Gasteiger partial charge in [0.2, 0.25) is 5.36 Å².